The number of hydrogen-bond donors (Lipinski definition) is 0. The van der Waals surface area contributed by atoms with E-state index in [0.29, 0.717) is 11.5 Å². The van der Waals surface area contributed by atoms with E-state index >= 15 is 0 Å². The Bertz CT molecular complexity index is 3540. The SMILES string of the molecule is CC(C)(C)c1cc(-[n+]2[c-]n(-c3[c-]c(Oc4[c-]c5c(c(C(C)(C)c6ccccc6)c4)c4ccccc4n5-c4cc(C(C)(C)C)ccn4)cc(C(C)(C)c4ccccc4)c3)c(C(C)(C)C)c2C(C)(C)C)cc(C(C)(C)C)c1.[Pt]. The van der Waals surface area contributed by atoms with Crippen molar-refractivity contribution >= 4 is 21.8 Å². The molecule has 6 aromatic carbocycles. The van der Waals surface area contributed by atoms with E-state index in [1.54, 1.807) is 0 Å². The average molecular weight is 1190 g/mol. The Kier molecular flexibility index (Phi) is 14.6. The first-order chi connectivity index (χ1) is 34.8. The molecule has 0 radical (unpaired) electrons. The van der Waals surface area contributed by atoms with Gasteiger partial charge in [-0.05, 0) is 107 Å². The Labute approximate surface area is 470 Å². The van der Waals surface area contributed by atoms with Crippen LogP contribution >= 0.6 is 0 Å². The third kappa shape index (κ3) is 10.7. The van der Waals surface area contributed by atoms with Gasteiger partial charge in [0, 0.05) is 44.3 Å². The van der Waals surface area contributed by atoms with Crippen molar-refractivity contribution in [2.75, 3.05) is 0 Å². The van der Waals surface area contributed by atoms with Gasteiger partial charge in [0.05, 0.1) is 17.1 Å². The van der Waals surface area contributed by atoms with Gasteiger partial charge in [-0.2, -0.15) is 6.07 Å². The number of aromatic nitrogens is 4. The molecule has 0 saturated carbocycles. The van der Waals surface area contributed by atoms with Crippen LogP contribution in [0.2, 0.25) is 0 Å². The van der Waals surface area contributed by atoms with Crippen molar-refractivity contribution in [3.8, 4) is 28.7 Å². The topological polar surface area (TPSA) is 35.9 Å². The molecule has 0 fully saturated rings. The van der Waals surface area contributed by atoms with Gasteiger partial charge >= 0.3 is 0 Å². The number of rotatable bonds is 9. The molecule has 0 N–H and O–H groups in total. The predicted molar refractivity (Wildman–Crippen MR) is 313 cm³/mol. The van der Waals surface area contributed by atoms with E-state index in [0.717, 1.165) is 50.1 Å². The van der Waals surface area contributed by atoms with Crippen LogP contribution in [0.15, 0.2) is 140 Å². The molecule has 76 heavy (non-hydrogen) atoms. The zero-order chi connectivity index (χ0) is 54.4. The molecular weight excluding hydrogens is 1110 g/mol. The smallest absolute Gasteiger partial charge is 0.267 e. The molecule has 0 amide bonds. The van der Waals surface area contributed by atoms with Crippen molar-refractivity contribution in [1.29, 1.82) is 0 Å². The number of imidazole rings is 1. The fourth-order valence-electron chi connectivity index (χ4n) is 10.8. The quantitative estimate of drug-likeness (QED) is 0.107. The van der Waals surface area contributed by atoms with Crippen LogP contribution in [0.25, 0.3) is 39.0 Å². The van der Waals surface area contributed by atoms with Gasteiger partial charge in [-0.25, -0.2) is 4.98 Å². The molecule has 0 unspecified atom stereocenters. The maximum Gasteiger partial charge on any atom is 0.267 e. The van der Waals surface area contributed by atoms with Crippen LogP contribution in [0.4, 0.5) is 0 Å². The summed E-state index contributed by atoms with van der Waals surface area (Å²) < 4.78 is 14.3. The third-order valence-electron chi connectivity index (χ3n) is 15.4. The fourth-order valence-corrected chi connectivity index (χ4v) is 10.8. The maximum atomic E-state index is 7.40. The first kappa shape index (κ1) is 56.2. The van der Waals surface area contributed by atoms with Gasteiger partial charge in [0.15, 0.2) is 0 Å². The van der Waals surface area contributed by atoms with Crippen LogP contribution in [-0.2, 0) is 59.0 Å². The van der Waals surface area contributed by atoms with Gasteiger partial charge in [-0.15, -0.1) is 35.4 Å². The number of pyridine rings is 1. The molecule has 9 rings (SSSR count). The summed E-state index contributed by atoms with van der Waals surface area (Å²) in [5, 5.41) is 2.26. The van der Waals surface area contributed by atoms with Crippen molar-refractivity contribution < 1.29 is 30.4 Å². The van der Waals surface area contributed by atoms with Crippen LogP contribution in [-0.4, -0.2) is 14.1 Å². The van der Waals surface area contributed by atoms with Gasteiger partial charge in [-0.3, -0.25) is 4.57 Å². The second kappa shape index (κ2) is 19.8. The Morgan fingerprint density at radius 2 is 1.01 bits per heavy atom. The summed E-state index contributed by atoms with van der Waals surface area (Å²) in [7, 11) is 0. The minimum atomic E-state index is -0.440. The van der Waals surface area contributed by atoms with Crippen LogP contribution in [0, 0.1) is 18.5 Å². The molecule has 0 saturated heterocycles. The number of nitrogens with zero attached hydrogens (tertiary/aromatic N) is 4. The molecule has 0 aliphatic carbocycles. The van der Waals surface area contributed by atoms with Gasteiger partial charge in [0.1, 0.15) is 5.82 Å². The summed E-state index contributed by atoms with van der Waals surface area (Å²) in [5.74, 6) is 2.03. The molecule has 9 aromatic rings. The molecule has 6 heteroatoms. The largest absolute Gasteiger partial charge is 0.510 e. The number of fused-ring (bicyclic) bond motifs is 3. The summed E-state index contributed by atoms with van der Waals surface area (Å²) in [4.78, 5) is 5.07. The Morgan fingerprint density at radius 1 is 0.474 bits per heavy atom. The molecule has 0 spiro atoms. The first-order valence-corrected chi connectivity index (χ1v) is 27.0. The minimum absolute atomic E-state index is 0. The number of para-hydroxylation sites is 1. The number of ether oxygens (including phenoxy) is 1. The Hall–Kier alpha value is -6.03. The second-order valence-electron chi connectivity index (χ2n) is 27.2. The predicted octanol–water partition coefficient (Wildman–Crippen LogP) is 17.6. The number of hydrogen-bond acceptors (Lipinski definition) is 2. The van der Waals surface area contributed by atoms with Gasteiger partial charge in [0.2, 0.25) is 0 Å². The standard InChI is InChI=1S/C70H80N4O.Pt/c1-64(2,3)48-34-35-71-60(41-48)74-58-33-27-26-32-56(58)61-57(70(18,19)47-30-24-21-25-31-47)43-55(44-59(61)74)75-54-40-51(69(16,17)46-28-22-20-23-29-46)39-53(42-54)73-45-72(62(67(10,11)12)63(73)68(13,14)15)52-37-49(65(4,5)6)36-50(38-52)66(7,8)9;/h20-41,43H,1-19H3;/q-2;. The van der Waals surface area contributed by atoms with Gasteiger partial charge in [0.25, 0.3) is 6.33 Å². The van der Waals surface area contributed by atoms with Crippen molar-refractivity contribution in [3.05, 3.63) is 208 Å². The molecule has 3 heterocycles. The molecule has 5 nitrogen and oxygen atoms in total. The van der Waals surface area contributed by atoms with Crippen molar-refractivity contribution in [3.63, 3.8) is 0 Å². The van der Waals surface area contributed by atoms with Crippen LogP contribution in [0.3, 0.4) is 0 Å². The van der Waals surface area contributed by atoms with E-state index in [1.165, 1.54) is 39.2 Å². The third-order valence-corrected chi connectivity index (χ3v) is 15.4. The Balaban J connectivity index is 0.00000765. The summed E-state index contributed by atoms with van der Waals surface area (Å²) in [6.45, 7) is 43.8. The summed E-state index contributed by atoms with van der Waals surface area (Å²) in [6, 6.07) is 56.3. The Morgan fingerprint density at radius 3 is 1.57 bits per heavy atom. The van der Waals surface area contributed by atoms with E-state index in [2.05, 4.69) is 297 Å². The first-order valence-electron chi connectivity index (χ1n) is 27.0. The van der Waals surface area contributed by atoms with E-state index in [1.807, 2.05) is 6.20 Å². The van der Waals surface area contributed by atoms with E-state index in [4.69, 9.17) is 9.72 Å². The van der Waals surface area contributed by atoms with E-state index < -0.39 is 10.8 Å². The molecule has 398 valence electrons. The molecular formula is C70H80N4OPt-2. The van der Waals surface area contributed by atoms with Gasteiger partial charge < -0.3 is 13.9 Å². The van der Waals surface area contributed by atoms with E-state index in [-0.39, 0.29) is 48.1 Å². The molecule has 0 aliphatic rings. The zero-order valence-electron chi connectivity index (χ0n) is 48.8. The second-order valence-corrected chi connectivity index (χ2v) is 27.2. The average Bonchev–Trinajstić information content (AvgIpc) is 3.92. The van der Waals surface area contributed by atoms with Crippen LogP contribution < -0.4 is 9.30 Å². The molecule has 0 aliphatic heterocycles. The summed E-state index contributed by atoms with van der Waals surface area (Å²) in [6.07, 6.45) is 5.95. The maximum absolute atomic E-state index is 7.40. The summed E-state index contributed by atoms with van der Waals surface area (Å²) in [5.41, 5.74) is 13.1. The normalized spacial score (nSPS) is 13.1. The molecule has 0 atom stereocenters. The van der Waals surface area contributed by atoms with E-state index in [9.17, 15) is 0 Å². The molecule has 3 aromatic heterocycles. The van der Waals surface area contributed by atoms with Gasteiger partial charge in [-0.1, -0.05) is 227 Å². The van der Waals surface area contributed by atoms with Crippen molar-refractivity contribution in [1.82, 2.24) is 14.1 Å². The van der Waals surface area contributed by atoms with Crippen LogP contribution in [0.1, 0.15) is 182 Å². The fraction of sp³-hybridized carbons (Fsp3) is 0.371. The van der Waals surface area contributed by atoms with Crippen molar-refractivity contribution in [2.24, 2.45) is 0 Å². The minimum Gasteiger partial charge on any atom is -0.510 e. The van der Waals surface area contributed by atoms with Crippen LogP contribution in [0.5, 0.6) is 11.5 Å². The zero-order valence-corrected chi connectivity index (χ0v) is 51.1. The molecule has 0 bridgehead atoms. The summed E-state index contributed by atoms with van der Waals surface area (Å²) >= 11 is 0. The van der Waals surface area contributed by atoms with Crippen molar-refractivity contribution in [2.45, 2.75) is 169 Å². The monoisotopic (exact) mass is 1190 g/mol. The number of benzene rings is 6.